The molecule has 6 heteroatoms. The van der Waals surface area contributed by atoms with Crippen LogP contribution in [0.3, 0.4) is 0 Å². The molecule has 1 aromatic carbocycles. The second kappa shape index (κ2) is 5.69. The maximum Gasteiger partial charge on any atom is 0.263 e. The molecule has 6 nitrogen and oxygen atoms in total. The lowest BCUT2D eigenvalue weighted by molar-refractivity contribution is -0.118. The van der Waals surface area contributed by atoms with Crippen LogP contribution in [0.5, 0.6) is 5.75 Å². The Balaban J connectivity index is 1.95. The number of ether oxygens (including phenoxy) is 1. The molecule has 0 aliphatic heterocycles. The molecule has 1 N–H and O–H groups in total. The molecule has 0 unspecified atom stereocenters. The molecule has 0 fully saturated rings. The van der Waals surface area contributed by atoms with Crippen LogP contribution in [0.25, 0.3) is 0 Å². The predicted molar refractivity (Wildman–Crippen MR) is 68.5 cm³/mol. The minimum absolute atomic E-state index is 0.125. The number of hydrogen-bond acceptors (Lipinski definition) is 4. The molecule has 0 spiro atoms. The van der Waals surface area contributed by atoms with Gasteiger partial charge in [0.25, 0.3) is 5.91 Å². The number of carbonyl (C=O) groups excluding carboxylic acids is 1. The molecule has 2 aromatic rings. The maximum absolute atomic E-state index is 11.7. The van der Waals surface area contributed by atoms with E-state index in [2.05, 4.69) is 10.4 Å². The largest absolute Gasteiger partial charge is 0.484 e. The SMILES string of the molecule is Cn1ncc(C#N)c1NC(=O)COc1ccccc1. The van der Waals surface area contributed by atoms with Gasteiger partial charge in [0, 0.05) is 7.05 Å². The van der Waals surface area contributed by atoms with Gasteiger partial charge >= 0.3 is 0 Å². The number of carbonyl (C=O) groups is 1. The van der Waals surface area contributed by atoms with Gasteiger partial charge in [0.15, 0.2) is 6.61 Å². The van der Waals surface area contributed by atoms with E-state index < -0.39 is 0 Å². The average molecular weight is 256 g/mol. The standard InChI is InChI=1S/C13H12N4O2/c1-17-13(10(7-14)8-15-17)16-12(18)9-19-11-5-3-2-4-6-11/h2-6,8H,9H2,1H3,(H,16,18). The van der Waals surface area contributed by atoms with Crippen molar-refractivity contribution in [2.24, 2.45) is 7.05 Å². The van der Waals surface area contributed by atoms with Crippen molar-refractivity contribution in [3.8, 4) is 11.8 Å². The number of nitriles is 1. The minimum Gasteiger partial charge on any atom is -0.484 e. The van der Waals surface area contributed by atoms with E-state index in [9.17, 15) is 4.79 Å². The van der Waals surface area contributed by atoms with Crippen LogP contribution in [-0.4, -0.2) is 22.3 Å². The molecular weight excluding hydrogens is 244 g/mol. The van der Waals surface area contributed by atoms with Gasteiger partial charge in [-0.3, -0.25) is 9.48 Å². The zero-order valence-electron chi connectivity index (χ0n) is 10.3. The van der Waals surface area contributed by atoms with Gasteiger partial charge in [-0.2, -0.15) is 10.4 Å². The number of nitrogens with one attached hydrogen (secondary N) is 1. The molecule has 1 aromatic heterocycles. The molecule has 0 aliphatic rings. The predicted octanol–water partition coefficient (Wildman–Crippen LogP) is 1.31. The Labute approximate surface area is 110 Å². The van der Waals surface area contributed by atoms with E-state index in [1.807, 2.05) is 24.3 Å². The van der Waals surface area contributed by atoms with E-state index in [0.717, 1.165) is 0 Å². The molecule has 19 heavy (non-hydrogen) atoms. The van der Waals surface area contributed by atoms with Gasteiger partial charge in [-0.1, -0.05) is 18.2 Å². The molecule has 1 heterocycles. The van der Waals surface area contributed by atoms with Crippen LogP contribution in [0.4, 0.5) is 5.82 Å². The number of aryl methyl sites for hydroxylation is 1. The summed E-state index contributed by atoms with van der Waals surface area (Å²) in [6.45, 7) is -0.125. The highest BCUT2D eigenvalue weighted by molar-refractivity contribution is 5.92. The highest BCUT2D eigenvalue weighted by atomic mass is 16.5. The molecule has 0 atom stereocenters. The number of benzene rings is 1. The van der Waals surface area contributed by atoms with Crippen molar-refractivity contribution in [3.05, 3.63) is 42.1 Å². The summed E-state index contributed by atoms with van der Waals surface area (Å²) in [6, 6.07) is 11.0. The number of amides is 1. The number of hydrogen-bond donors (Lipinski definition) is 1. The van der Waals surface area contributed by atoms with E-state index in [-0.39, 0.29) is 12.5 Å². The first-order valence-electron chi connectivity index (χ1n) is 5.60. The molecule has 2 rings (SSSR count). The monoisotopic (exact) mass is 256 g/mol. The Morgan fingerprint density at radius 2 is 2.21 bits per heavy atom. The van der Waals surface area contributed by atoms with Gasteiger partial charge in [0.2, 0.25) is 0 Å². The number of aromatic nitrogens is 2. The first-order chi connectivity index (χ1) is 9.20. The number of para-hydroxylation sites is 1. The highest BCUT2D eigenvalue weighted by Crippen LogP contribution is 2.12. The van der Waals surface area contributed by atoms with Crippen molar-refractivity contribution in [2.75, 3.05) is 11.9 Å². The topological polar surface area (TPSA) is 79.9 Å². The lowest BCUT2D eigenvalue weighted by Gasteiger charge is -2.07. The van der Waals surface area contributed by atoms with Gasteiger partial charge in [-0.05, 0) is 12.1 Å². The van der Waals surface area contributed by atoms with E-state index >= 15 is 0 Å². The van der Waals surface area contributed by atoms with E-state index in [1.54, 1.807) is 19.2 Å². The summed E-state index contributed by atoms with van der Waals surface area (Å²) in [5.41, 5.74) is 0.315. The Hall–Kier alpha value is -2.81. The molecule has 1 amide bonds. The van der Waals surface area contributed by atoms with Crippen LogP contribution >= 0.6 is 0 Å². The summed E-state index contributed by atoms with van der Waals surface area (Å²) >= 11 is 0. The fourth-order valence-corrected chi connectivity index (χ4v) is 1.50. The fourth-order valence-electron chi connectivity index (χ4n) is 1.50. The molecule has 0 aliphatic carbocycles. The quantitative estimate of drug-likeness (QED) is 0.894. The Bertz CT molecular complexity index is 613. The highest BCUT2D eigenvalue weighted by Gasteiger charge is 2.11. The fraction of sp³-hybridized carbons (Fsp3) is 0.154. The Morgan fingerprint density at radius 3 is 2.89 bits per heavy atom. The molecule has 0 bridgehead atoms. The van der Waals surface area contributed by atoms with Crippen LogP contribution in [0.15, 0.2) is 36.5 Å². The summed E-state index contributed by atoms with van der Waals surface area (Å²) in [5.74, 6) is 0.635. The van der Waals surface area contributed by atoms with Crippen molar-refractivity contribution in [1.82, 2.24) is 9.78 Å². The summed E-state index contributed by atoms with van der Waals surface area (Å²) in [6.07, 6.45) is 1.40. The third-order valence-electron chi connectivity index (χ3n) is 2.43. The molecule has 0 saturated carbocycles. The van der Waals surface area contributed by atoms with E-state index in [0.29, 0.717) is 17.1 Å². The third-order valence-corrected chi connectivity index (χ3v) is 2.43. The maximum atomic E-state index is 11.7. The zero-order valence-corrected chi connectivity index (χ0v) is 10.3. The molecule has 0 radical (unpaired) electrons. The van der Waals surface area contributed by atoms with Crippen molar-refractivity contribution in [3.63, 3.8) is 0 Å². The summed E-state index contributed by atoms with van der Waals surface area (Å²) < 4.78 is 6.73. The van der Waals surface area contributed by atoms with Gasteiger partial charge < -0.3 is 10.1 Å². The van der Waals surface area contributed by atoms with Gasteiger partial charge in [-0.15, -0.1) is 0 Å². The van der Waals surface area contributed by atoms with Crippen LogP contribution in [-0.2, 0) is 11.8 Å². The summed E-state index contributed by atoms with van der Waals surface area (Å²) in [4.78, 5) is 11.7. The first-order valence-corrected chi connectivity index (χ1v) is 5.60. The number of anilines is 1. The lowest BCUT2D eigenvalue weighted by Crippen LogP contribution is -2.22. The van der Waals surface area contributed by atoms with E-state index in [4.69, 9.17) is 10.00 Å². The van der Waals surface area contributed by atoms with Gasteiger partial charge in [-0.25, -0.2) is 0 Å². The van der Waals surface area contributed by atoms with Crippen molar-refractivity contribution in [1.29, 1.82) is 5.26 Å². The van der Waals surface area contributed by atoms with E-state index in [1.165, 1.54) is 10.9 Å². The molecular formula is C13H12N4O2. The number of nitrogens with zero attached hydrogens (tertiary/aromatic N) is 3. The second-order valence-electron chi connectivity index (χ2n) is 3.79. The zero-order chi connectivity index (χ0) is 13.7. The van der Waals surface area contributed by atoms with Crippen LogP contribution in [0.2, 0.25) is 0 Å². The van der Waals surface area contributed by atoms with Crippen LogP contribution < -0.4 is 10.1 Å². The summed E-state index contributed by atoms with van der Waals surface area (Å²) in [5, 5.41) is 15.4. The minimum atomic E-state index is -0.344. The van der Waals surface area contributed by atoms with Gasteiger partial charge in [0.1, 0.15) is 23.2 Å². The molecule has 96 valence electrons. The van der Waals surface area contributed by atoms with Gasteiger partial charge in [0.05, 0.1) is 6.20 Å². The third kappa shape index (κ3) is 3.10. The number of rotatable bonds is 4. The van der Waals surface area contributed by atoms with Crippen LogP contribution in [0.1, 0.15) is 5.56 Å². The Kier molecular flexibility index (Phi) is 3.78. The average Bonchev–Trinajstić information content (AvgIpc) is 2.78. The first kappa shape index (κ1) is 12.6. The van der Waals surface area contributed by atoms with Crippen molar-refractivity contribution in [2.45, 2.75) is 0 Å². The van der Waals surface area contributed by atoms with Crippen molar-refractivity contribution < 1.29 is 9.53 Å². The van der Waals surface area contributed by atoms with Crippen LogP contribution in [0, 0.1) is 11.3 Å². The smallest absolute Gasteiger partial charge is 0.263 e. The summed E-state index contributed by atoms with van der Waals surface area (Å²) in [7, 11) is 1.65. The molecule has 0 saturated heterocycles. The normalized spacial score (nSPS) is 9.68. The Morgan fingerprint density at radius 1 is 1.47 bits per heavy atom. The second-order valence-corrected chi connectivity index (χ2v) is 3.79. The lowest BCUT2D eigenvalue weighted by atomic mass is 10.3. The van der Waals surface area contributed by atoms with Crippen molar-refractivity contribution >= 4 is 11.7 Å².